The van der Waals surface area contributed by atoms with Gasteiger partial charge >= 0.3 is 0 Å². The molecule has 0 saturated heterocycles. The molecule has 150 valence electrons. The van der Waals surface area contributed by atoms with Crippen LogP contribution in [0, 0.1) is 11.6 Å². The van der Waals surface area contributed by atoms with Crippen LogP contribution in [0.25, 0.3) is 0 Å². The number of nitrogens with one attached hydrogen (secondary N) is 1. The number of hydrogen-bond acceptors (Lipinski definition) is 4. The monoisotopic (exact) mass is 392 g/mol. The predicted molar refractivity (Wildman–Crippen MR) is 100 cm³/mol. The van der Waals surface area contributed by atoms with Gasteiger partial charge < -0.3 is 19.7 Å². The minimum absolute atomic E-state index is 0.110. The topological polar surface area (TPSA) is 67.9 Å². The molecule has 28 heavy (non-hydrogen) atoms. The van der Waals surface area contributed by atoms with E-state index in [1.54, 1.807) is 18.2 Å². The maximum absolute atomic E-state index is 13.9. The molecule has 0 aliphatic heterocycles. The van der Waals surface area contributed by atoms with Gasteiger partial charge in [-0.15, -0.1) is 0 Å². The van der Waals surface area contributed by atoms with Crippen molar-refractivity contribution in [3.63, 3.8) is 0 Å². The van der Waals surface area contributed by atoms with E-state index in [4.69, 9.17) is 9.47 Å². The number of amides is 2. The first-order chi connectivity index (χ1) is 13.4. The zero-order valence-corrected chi connectivity index (χ0v) is 15.9. The Balaban J connectivity index is 1.98. The van der Waals surface area contributed by atoms with E-state index < -0.39 is 23.2 Å². The molecule has 1 N–H and O–H groups in total. The Kier molecular flexibility index (Phi) is 7.31. The number of ether oxygens (including phenoxy) is 2. The molecule has 0 saturated carbocycles. The van der Waals surface area contributed by atoms with Crippen LogP contribution in [0.2, 0.25) is 0 Å². The van der Waals surface area contributed by atoms with Gasteiger partial charge in [0.1, 0.15) is 17.3 Å². The van der Waals surface area contributed by atoms with Crippen molar-refractivity contribution in [1.29, 1.82) is 0 Å². The first-order valence-electron chi connectivity index (χ1n) is 8.57. The Labute approximate surface area is 162 Å². The number of methoxy groups -OCH3 is 2. The number of rotatable bonds is 8. The lowest BCUT2D eigenvalue weighted by Crippen LogP contribution is -2.34. The summed E-state index contributed by atoms with van der Waals surface area (Å²) in [7, 11) is 3.04. The molecule has 2 aromatic carbocycles. The lowest BCUT2D eigenvalue weighted by molar-refractivity contribution is -0.121. The van der Waals surface area contributed by atoms with Crippen molar-refractivity contribution in [1.82, 2.24) is 5.32 Å². The smallest absolute Gasteiger partial charge is 0.224 e. The third kappa shape index (κ3) is 5.18. The molecule has 6 nitrogen and oxygen atoms in total. The lowest BCUT2D eigenvalue weighted by atomic mass is 10.2. The Bertz CT molecular complexity index is 838. The first kappa shape index (κ1) is 21.1. The van der Waals surface area contributed by atoms with Crippen molar-refractivity contribution >= 4 is 17.5 Å². The summed E-state index contributed by atoms with van der Waals surface area (Å²) in [5, 5.41) is 2.70. The van der Waals surface area contributed by atoms with Crippen molar-refractivity contribution in [3.05, 3.63) is 53.6 Å². The van der Waals surface area contributed by atoms with Gasteiger partial charge in [-0.2, -0.15) is 0 Å². The summed E-state index contributed by atoms with van der Waals surface area (Å²) in [6.45, 7) is 1.27. The van der Waals surface area contributed by atoms with Gasteiger partial charge in [0, 0.05) is 26.4 Å². The third-order valence-corrected chi connectivity index (χ3v) is 4.09. The van der Waals surface area contributed by atoms with Crippen LogP contribution in [-0.2, 0) is 16.1 Å². The van der Waals surface area contributed by atoms with Gasteiger partial charge in [-0.05, 0) is 29.8 Å². The van der Waals surface area contributed by atoms with E-state index in [0.29, 0.717) is 11.5 Å². The van der Waals surface area contributed by atoms with Gasteiger partial charge in [0.15, 0.2) is 11.5 Å². The van der Waals surface area contributed by atoms with Crippen LogP contribution in [0.4, 0.5) is 14.5 Å². The molecule has 0 aliphatic carbocycles. The fourth-order valence-electron chi connectivity index (χ4n) is 2.67. The number of carbonyl (C=O) groups is 2. The van der Waals surface area contributed by atoms with E-state index in [2.05, 4.69) is 5.32 Å². The number of para-hydroxylation sites is 1. The van der Waals surface area contributed by atoms with Crippen molar-refractivity contribution in [3.8, 4) is 11.5 Å². The van der Waals surface area contributed by atoms with Crippen LogP contribution in [0.3, 0.4) is 0 Å². The van der Waals surface area contributed by atoms with Crippen LogP contribution < -0.4 is 19.7 Å². The van der Waals surface area contributed by atoms with E-state index in [-0.39, 0.29) is 25.4 Å². The largest absolute Gasteiger partial charge is 0.493 e. The summed E-state index contributed by atoms with van der Waals surface area (Å²) in [5.41, 5.74) is 0.331. The summed E-state index contributed by atoms with van der Waals surface area (Å²) < 4.78 is 38.2. The second kappa shape index (κ2) is 9.68. The molecule has 2 rings (SSSR count). The highest BCUT2D eigenvalue weighted by Gasteiger charge is 2.20. The second-order valence-electron chi connectivity index (χ2n) is 5.96. The van der Waals surface area contributed by atoms with Crippen molar-refractivity contribution in [2.24, 2.45) is 0 Å². The third-order valence-electron chi connectivity index (χ3n) is 4.09. The Hall–Kier alpha value is -3.16. The molecule has 8 heteroatoms. The Morgan fingerprint density at radius 2 is 1.68 bits per heavy atom. The van der Waals surface area contributed by atoms with Crippen LogP contribution in [0.1, 0.15) is 18.9 Å². The first-order valence-corrected chi connectivity index (χ1v) is 8.57. The SMILES string of the molecule is COc1ccc(CNC(=O)CCN(C(C)=O)c2c(F)cccc2F)cc1OC. The predicted octanol–water partition coefficient (Wildman–Crippen LogP) is 3.04. The molecule has 0 aliphatic rings. The quantitative estimate of drug-likeness (QED) is 0.750. The molecule has 2 aromatic rings. The minimum Gasteiger partial charge on any atom is -0.493 e. The van der Waals surface area contributed by atoms with Gasteiger partial charge in [0.05, 0.1) is 14.2 Å². The molecule has 0 atom stereocenters. The van der Waals surface area contributed by atoms with Crippen LogP contribution in [0.5, 0.6) is 11.5 Å². The normalized spacial score (nSPS) is 10.3. The van der Waals surface area contributed by atoms with E-state index in [1.807, 2.05) is 0 Å². The Morgan fingerprint density at radius 1 is 1.04 bits per heavy atom. The number of hydrogen-bond donors (Lipinski definition) is 1. The molecular formula is C20H22F2N2O4. The number of benzene rings is 2. The fraction of sp³-hybridized carbons (Fsp3) is 0.300. The van der Waals surface area contributed by atoms with E-state index in [9.17, 15) is 18.4 Å². The maximum Gasteiger partial charge on any atom is 0.224 e. The summed E-state index contributed by atoms with van der Waals surface area (Å²) in [5.74, 6) is -1.54. The molecule has 0 fully saturated rings. The molecule has 0 heterocycles. The molecule has 0 bridgehead atoms. The zero-order chi connectivity index (χ0) is 20.7. The summed E-state index contributed by atoms with van der Waals surface area (Å²) in [4.78, 5) is 24.9. The van der Waals surface area contributed by atoms with E-state index in [0.717, 1.165) is 22.6 Å². The molecule has 0 aromatic heterocycles. The van der Waals surface area contributed by atoms with Crippen LogP contribution in [0.15, 0.2) is 36.4 Å². The number of carbonyl (C=O) groups excluding carboxylic acids is 2. The average molecular weight is 392 g/mol. The van der Waals surface area contributed by atoms with Crippen molar-refractivity contribution in [2.75, 3.05) is 25.7 Å². The van der Waals surface area contributed by atoms with Gasteiger partial charge in [-0.3, -0.25) is 9.59 Å². The van der Waals surface area contributed by atoms with E-state index in [1.165, 1.54) is 27.2 Å². The van der Waals surface area contributed by atoms with E-state index >= 15 is 0 Å². The second-order valence-corrected chi connectivity index (χ2v) is 5.96. The molecule has 0 unspecified atom stereocenters. The van der Waals surface area contributed by atoms with Crippen molar-refractivity contribution in [2.45, 2.75) is 19.9 Å². The zero-order valence-electron chi connectivity index (χ0n) is 15.9. The fourth-order valence-corrected chi connectivity index (χ4v) is 2.67. The van der Waals surface area contributed by atoms with Gasteiger partial charge in [-0.1, -0.05) is 12.1 Å². The molecule has 0 spiro atoms. The summed E-state index contributed by atoms with van der Waals surface area (Å²) in [6.07, 6.45) is -0.110. The number of halogens is 2. The highest BCUT2D eigenvalue weighted by Crippen LogP contribution is 2.27. The standard InChI is InChI=1S/C20H22F2N2O4/c1-13(25)24(20-15(21)5-4-6-16(20)22)10-9-19(26)23-12-14-7-8-17(27-2)18(11-14)28-3/h4-8,11H,9-10,12H2,1-3H3,(H,23,26). The number of nitrogens with zero attached hydrogens (tertiary/aromatic N) is 1. The average Bonchev–Trinajstić information content (AvgIpc) is 2.67. The molecule has 0 radical (unpaired) electrons. The number of anilines is 1. The maximum atomic E-state index is 13.9. The van der Waals surface area contributed by atoms with Crippen LogP contribution in [-0.4, -0.2) is 32.6 Å². The Morgan fingerprint density at radius 3 is 2.25 bits per heavy atom. The van der Waals surface area contributed by atoms with Gasteiger partial charge in [0.2, 0.25) is 11.8 Å². The van der Waals surface area contributed by atoms with Gasteiger partial charge in [-0.25, -0.2) is 8.78 Å². The molecule has 2 amide bonds. The lowest BCUT2D eigenvalue weighted by Gasteiger charge is -2.22. The van der Waals surface area contributed by atoms with Crippen molar-refractivity contribution < 1.29 is 27.8 Å². The summed E-state index contributed by atoms with van der Waals surface area (Å²) >= 11 is 0. The minimum atomic E-state index is -0.860. The van der Waals surface area contributed by atoms with Gasteiger partial charge in [0.25, 0.3) is 0 Å². The summed E-state index contributed by atoms with van der Waals surface area (Å²) in [6, 6.07) is 8.56. The highest BCUT2D eigenvalue weighted by molar-refractivity contribution is 5.92. The molecular weight excluding hydrogens is 370 g/mol. The highest BCUT2D eigenvalue weighted by atomic mass is 19.1. The van der Waals surface area contributed by atoms with Crippen LogP contribution >= 0.6 is 0 Å².